The van der Waals surface area contributed by atoms with Gasteiger partial charge in [-0.05, 0) is 42.0 Å². The molecule has 0 bridgehead atoms. The molecule has 0 saturated heterocycles. The number of benzene rings is 2. The molecule has 0 saturated carbocycles. The van der Waals surface area contributed by atoms with Crippen LogP contribution in [0, 0.1) is 0 Å². The normalized spacial score (nSPS) is 14.0. The van der Waals surface area contributed by atoms with E-state index in [1.807, 2.05) is 0 Å². The Morgan fingerprint density at radius 1 is 1.00 bits per heavy atom. The van der Waals surface area contributed by atoms with Gasteiger partial charge >= 0.3 is 6.85 Å². The predicted octanol–water partition coefficient (Wildman–Crippen LogP) is 3.38. The van der Waals surface area contributed by atoms with Crippen LogP contribution in [0.1, 0.15) is 32.3 Å². The van der Waals surface area contributed by atoms with E-state index in [1.54, 1.807) is 0 Å². The number of aryl methyl sites for hydroxylation is 1. The Labute approximate surface area is 156 Å². The lowest BCUT2D eigenvalue weighted by atomic mass is 9.55. The van der Waals surface area contributed by atoms with E-state index in [-0.39, 0.29) is 0 Å². The predicted molar refractivity (Wildman–Crippen MR) is 113 cm³/mol. The fourth-order valence-corrected chi connectivity index (χ4v) is 4.10. The van der Waals surface area contributed by atoms with Gasteiger partial charge in [-0.3, -0.25) is 4.81 Å². The zero-order valence-corrected chi connectivity index (χ0v) is 16.3. The summed E-state index contributed by atoms with van der Waals surface area (Å²) in [6.45, 7) is 9.44. The smallest absolute Gasteiger partial charge is 0.293 e. The topological polar surface area (TPSA) is 7.12 Å². The number of nitrogens with zero attached hydrogens (tertiary/aromatic N) is 2. The standard InChI is InChI=1S/C23H26BN2/c1-16(2)21-14-23(25(5)22-13-9-8-12-20(21)22)26-15-18-10-6-7-11-19(18)17(3)24(26)4/h6-16H,1-5H3/q+1. The SMILES string of the molecule is CB1C(C)=c2ccccc2=CN1c1cc(C(C)C)c2ccccc2[n+]1C. The summed E-state index contributed by atoms with van der Waals surface area (Å²) in [4.78, 5) is 2.43. The van der Waals surface area contributed by atoms with E-state index in [2.05, 4.69) is 105 Å². The van der Waals surface area contributed by atoms with Gasteiger partial charge in [0, 0.05) is 16.7 Å². The number of hydrogen-bond acceptors (Lipinski definition) is 1. The molecule has 2 heterocycles. The summed E-state index contributed by atoms with van der Waals surface area (Å²) in [6.07, 6.45) is 2.31. The van der Waals surface area contributed by atoms with Crippen LogP contribution in [0.2, 0.25) is 6.82 Å². The van der Waals surface area contributed by atoms with Gasteiger partial charge in [-0.2, -0.15) is 0 Å². The minimum Gasteiger partial charge on any atom is -0.293 e. The summed E-state index contributed by atoms with van der Waals surface area (Å²) < 4.78 is 2.33. The van der Waals surface area contributed by atoms with Crippen LogP contribution in [-0.2, 0) is 7.05 Å². The second-order valence-corrected chi connectivity index (χ2v) is 7.67. The van der Waals surface area contributed by atoms with Crippen molar-refractivity contribution in [3.63, 3.8) is 0 Å². The Kier molecular flexibility index (Phi) is 4.10. The van der Waals surface area contributed by atoms with Crippen molar-refractivity contribution < 1.29 is 4.57 Å². The molecule has 1 aliphatic rings. The van der Waals surface area contributed by atoms with Gasteiger partial charge in [-0.15, -0.1) is 0 Å². The third-order valence-corrected chi connectivity index (χ3v) is 5.80. The van der Waals surface area contributed by atoms with Crippen LogP contribution in [-0.4, -0.2) is 6.85 Å². The number of pyridine rings is 1. The van der Waals surface area contributed by atoms with Crippen LogP contribution < -0.4 is 19.8 Å². The Morgan fingerprint density at radius 2 is 1.69 bits per heavy atom. The van der Waals surface area contributed by atoms with Crippen molar-refractivity contribution in [2.45, 2.75) is 33.5 Å². The van der Waals surface area contributed by atoms with Crippen molar-refractivity contribution in [2.75, 3.05) is 4.81 Å². The lowest BCUT2D eigenvalue weighted by Gasteiger charge is -2.25. The first-order chi connectivity index (χ1) is 12.5. The van der Waals surface area contributed by atoms with E-state index in [0.29, 0.717) is 12.8 Å². The average Bonchev–Trinajstić information content (AvgIpc) is 2.65. The molecule has 0 aliphatic carbocycles. The van der Waals surface area contributed by atoms with Crippen molar-refractivity contribution in [2.24, 2.45) is 7.05 Å². The third kappa shape index (κ3) is 2.54. The molecule has 130 valence electrons. The Balaban J connectivity index is 2.01. The quantitative estimate of drug-likeness (QED) is 0.512. The zero-order chi connectivity index (χ0) is 18.4. The third-order valence-electron chi connectivity index (χ3n) is 5.80. The van der Waals surface area contributed by atoms with Gasteiger partial charge in [-0.25, -0.2) is 4.57 Å². The molecular weight excluding hydrogens is 315 g/mol. The van der Waals surface area contributed by atoms with E-state index >= 15 is 0 Å². The first-order valence-electron chi connectivity index (χ1n) is 9.46. The van der Waals surface area contributed by atoms with Gasteiger partial charge in [0.2, 0.25) is 0 Å². The Morgan fingerprint density at radius 3 is 2.46 bits per heavy atom. The van der Waals surface area contributed by atoms with Crippen molar-refractivity contribution in [3.8, 4) is 0 Å². The van der Waals surface area contributed by atoms with Gasteiger partial charge in [0.1, 0.15) is 5.52 Å². The van der Waals surface area contributed by atoms with E-state index in [4.69, 9.17) is 0 Å². The van der Waals surface area contributed by atoms with Crippen molar-refractivity contribution in [3.05, 3.63) is 70.6 Å². The van der Waals surface area contributed by atoms with Gasteiger partial charge in [0.05, 0.1) is 13.2 Å². The number of anilines is 1. The highest BCUT2D eigenvalue weighted by atomic mass is 15.2. The number of aromatic nitrogens is 1. The number of para-hydroxylation sites is 1. The van der Waals surface area contributed by atoms with Crippen LogP contribution in [0.5, 0.6) is 0 Å². The maximum Gasteiger partial charge on any atom is 0.405 e. The monoisotopic (exact) mass is 341 g/mol. The number of fused-ring (bicyclic) bond motifs is 2. The van der Waals surface area contributed by atoms with Crippen LogP contribution >= 0.6 is 0 Å². The zero-order valence-electron chi connectivity index (χ0n) is 16.3. The molecule has 0 amide bonds. The van der Waals surface area contributed by atoms with Crippen LogP contribution in [0.15, 0.2) is 54.6 Å². The molecule has 0 atom stereocenters. The lowest BCUT2D eigenvalue weighted by Crippen LogP contribution is -2.50. The molecule has 1 aliphatic heterocycles. The van der Waals surface area contributed by atoms with Gasteiger partial charge in [-0.1, -0.05) is 56.3 Å². The summed E-state index contributed by atoms with van der Waals surface area (Å²) in [5.74, 6) is 1.73. The molecule has 0 fully saturated rings. The first kappa shape index (κ1) is 16.9. The molecule has 4 rings (SSSR count). The van der Waals surface area contributed by atoms with E-state index < -0.39 is 0 Å². The minimum atomic E-state index is 0.331. The number of hydrogen-bond donors (Lipinski definition) is 0. The Hall–Kier alpha value is -2.55. The highest BCUT2D eigenvalue weighted by molar-refractivity contribution is 6.80. The highest BCUT2D eigenvalue weighted by Crippen LogP contribution is 2.28. The second kappa shape index (κ2) is 6.32. The summed E-state index contributed by atoms with van der Waals surface area (Å²) in [6, 6.07) is 19.8. The van der Waals surface area contributed by atoms with Gasteiger partial charge in [0.25, 0.3) is 5.82 Å². The highest BCUT2D eigenvalue weighted by Gasteiger charge is 2.33. The molecule has 2 aromatic carbocycles. The van der Waals surface area contributed by atoms with Crippen molar-refractivity contribution >= 4 is 35.2 Å². The lowest BCUT2D eigenvalue weighted by molar-refractivity contribution is -0.631. The molecule has 3 aromatic rings. The second-order valence-electron chi connectivity index (χ2n) is 7.67. The summed E-state index contributed by atoms with van der Waals surface area (Å²) >= 11 is 0. The molecule has 2 nitrogen and oxygen atoms in total. The number of rotatable bonds is 2. The average molecular weight is 341 g/mol. The summed E-state index contributed by atoms with van der Waals surface area (Å²) in [5.41, 5.74) is 4.11. The molecule has 0 spiro atoms. The van der Waals surface area contributed by atoms with Crippen molar-refractivity contribution in [1.82, 2.24) is 0 Å². The Bertz CT molecular complexity index is 1110. The molecule has 3 heteroatoms. The van der Waals surface area contributed by atoms with Crippen LogP contribution in [0.25, 0.3) is 22.6 Å². The fraction of sp³-hybridized carbons (Fsp3) is 0.261. The van der Waals surface area contributed by atoms with Crippen LogP contribution in [0.4, 0.5) is 5.82 Å². The largest absolute Gasteiger partial charge is 0.405 e. The van der Waals surface area contributed by atoms with E-state index in [9.17, 15) is 0 Å². The fourth-order valence-electron chi connectivity index (χ4n) is 4.10. The van der Waals surface area contributed by atoms with E-state index in [0.717, 1.165) is 0 Å². The van der Waals surface area contributed by atoms with Crippen LogP contribution in [0.3, 0.4) is 0 Å². The molecule has 0 radical (unpaired) electrons. The van der Waals surface area contributed by atoms with E-state index in [1.165, 1.54) is 38.2 Å². The maximum atomic E-state index is 2.43. The van der Waals surface area contributed by atoms with Crippen molar-refractivity contribution in [1.29, 1.82) is 0 Å². The molecule has 26 heavy (non-hydrogen) atoms. The molecular formula is C23H26BN2+. The first-order valence-corrected chi connectivity index (χ1v) is 9.46. The minimum absolute atomic E-state index is 0.331. The summed E-state index contributed by atoms with van der Waals surface area (Å²) in [5, 5.41) is 4.01. The maximum absolute atomic E-state index is 2.43. The summed E-state index contributed by atoms with van der Waals surface area (Å²) in [7, 11) is 2.18. The molecule has 0 unspecified atom stereocenters. The van der Waals surface area contributed by atoms with Gasteiger partial charge < -0.3 is 0 Å². The molecule has 0 N–H and O–H groups in total. The molecule has 1 aromatic heterocycles. The van der Waals surface area contributed by atoms with Gasteiger partial charge in [0.15, 0.2) is 0 Å².